The Morgan fingerprint density at radius 3 is 1.41 bits per heavy atom. The monoisotopic (exact) mass is 255 g/mol. The van der Waals surface area contributed by atoms with Gasteiger partial charge in [0.25, 0.3) is 0 Å². The lowest BCUT2D eigenvalue weighted by Gasteiger charge is -2.21. The van der Waals surface area contributed by atoms with Crippen molar-refractivity contribution in [1.29, 1.82) is 0 Å². The second kappa shape index (κ2) is 11.1. The Labute approximate surface area is 110 Å². The Balaban J connectivity index is 4.63. The van der Waals surface area contributed by atoms with Gasteiger partial charge in [-0.2, -0.15) is 0 Å². The van der Waals surface area contributed by atoms with Gasteiger partial charge in [0.2, 0.25) is 0 Å². The number of hydrogen-bond acceptors (Lipinski definition) is 0. The maximum atomic E-state index is 3.75. The molecule has 0 heterocycles. The molecule has 0 amide bonds. The van der Waals surface area contributed by atoms with Crippen LogP contribution in [0.2, 0.25) is 0 Å². The molecule has 100 valence electrons. The van der Waals surface area contributed by atoms with Crippen molar-refractivity contribution in [3.05, 3.63) is 0 Å². The van der Waals surface area contributed by atoms with Crippen molar-refractivity contribution < 1.29 is 0 Å². The molecule has 17 heavy (non-hydrogen) atoms. The van der Waals surface area contributed by atoms with Crippen LogP contribution in [0.1, 0.15) is 72.6 Å². The van der Waals surface area contributed by atoms with Crippen LogP contribution in [-0.4, -0.2) is 18.5 Å². The molecule has 0 aliphatic carbocycles. The molecule has 0 aliphatic heterocycles. The van der Waals surface area contributed by atoms with E-state index in [2.05, 4.69) is 39.3 Å². The fourth-order valence-corrected chi connectivity index (χ4v) is 6.40. The maximum Gasteiger partial charge on any atom is 0.0920 e. The van der Waals surface area contributed by atoms with Crippen LogP contribution in [0.3, 0.4) is 0 Å². The van der Waals surface area contributed by atoms with Crippen molar-refractivity contribution in [1.82, 2.24) is 0 Å². The van der Waals surface area contributed by atoms with Crippen LogP contribution in [0.4, 0.5) is 0 Å². The van der Waals surface area contributed by atoms with E-state index in [1.807, 2.05) is 0 Å². The molecule has 0 saturated carbocycles. The second-order valence-corrected chi connectivity index (χ2v) is 8.87. The quantitative estimate of drug-likeness (QED) is 0.362. The van der Waals surface area contributed by atoms with Crippen molar-refractivity contribution in [2.24, 2.45) is 0 Å². The number of hydrogen-bond donors (Lipinski definition) is 0. The maximum absolute atomic E-state index is 3.75. The van der Waals surface area contributed by atoms with Gasteiger partial charge in [0.15, 0.2) is 0 Å². The normalized spacial score (nSPS) is 11.1. The highest BCUT2D eigenvalue weighted by Crippen LogP contribution is 2.59. The summed E-state index contributed by atoms with van der Waals surface area (Å²) in [7, 11) is -0.923. The summed E-state index contributed by atoms with van der Waals surface area (Å²) in [5, 5.41) is 0. The minimum Gasteiger partial charge on any atom is -0.0652 e. The minimum absolute atomic E-state index is 0.923. The van der Waals surface area contributed by atoms with Gasteiger partial charge >= 0.3 is 0 Å². The molecule has 0 aromatic rings. The molecule has 0 saturated heterocycles. The average molecular weight is 255 g/mol. The molecule has 0 aromatic heterocycles. The van der Waals surface area contributed by atoms with E-state index in [1.165, 1.54) is 57.0 Å². The van der Waals surface area contributed by atoms with E-state index < -0.39 is 7.26 Å². The molecule has 0 radical (unpaired) electrons. The Morgan fingerprint density at radius 2 is 1.12 bits per heavy atom. The summed E-state index contributed by atoms with van der Waals surface area (Å²) in [5.41, 5.74) is 3.75. The molecule has 0 unspecified atom stereocenters. The van der Waals surface area contributed by atoms with E-state index in [-0.39, 0.29) is 0 Å². The second-order valence-electron chi connectivity index (χ2n) is 5.02. The summed E-state index contributed by atoms with van der Waals surface area (Å²) >= 11 is 0. The average Bonchev–Trinajstić information content (AvgIpc) is 2.37. The first-order valence-corrected chi connectivity index (χ1v) is 9.95. The van der Waals surface area contributed by atoms with Crippen molar-refractivity contribution in [3.63, 3.8) is 0 Å². The summed E-state index contributed by atoms with van der Waals surface area (Å²) in [6, 6.07) is 0. The van der Waals surface area contributed by atoms with Gasteiger partial charge < -0.3 is 0 Å². The molecule has 0 fully saturated rings. The number of rotatable bonds is 9. The van der Waals surface area contributed by atoms with Crippen LogP contribution in [0.25, 0.3) is 0 Å². The summed E-state index contributed by atoms with van der Waals surface area (Å²) in [5.74, 6) is 3.42. The van der Waals surface area contributed by atoms with Crippen molar-refractivity contribution >= 4 is 7.26 Å². The molecular weight excluding hydrogens is 223 g/mol. The van der Waals surface area contributed by atoms with Gasteiger partial charge in [-0.25, -0.2) is 0 Å². The highest BCUT2D eigenvalue weighted by atomic mass is 31.2. The van der Waals surface area contributed by atoms with Crippen LogP contribution in [-0.2, 0) is 0 Å². The smallest absolute Gasteiger partial charge is 0.0652 e. The van der Waals surface area contributed by atoms with Gasteiger partial charge in [-0.05, 0) is 19.3 Å². The van der Waals surface area contributed by atoms with Crippen LogP contribution >= 0.6 is 7.26 Å². The third kappa shape index (κ3) is 7.83. The molecule has 0 N–H and O–H groups in total. The lowest BCUT2D eigenvalue weighted by atomic mass is 10.4. The highest BCUT2D eigenvalue weighted by molar-refractivity contribution is 7.80. The molecule has 1 heteroatoms. The van der Waals surface area contributed by atoms with Crippen LogP contribution < -0.4 is 0 Å². The van der Waals surface area contributed by atoms with E-state index in [1.54, 1.807) is 0 Å². The lowest BCUT2D eigenvalue weighted by Crippen LogP contribution is -2.07. The first-order valence-electron chi connectivity index (χ1n) is 7.60. The predicted octanol–water partition coefficient (Wildman–Crippen LogP) is 5.78. The molecule has 0 nitrogen and oxygen atoms in total. The predicted molar refractivity (Wildman–Crippen MR) is 84.3 cm³/mol. The van der Waals surface area contributed by atoms with Gasteiger partial charge in [-0.3, -0.25) is 0 Å². The van der Waals surface area contributed by atoms with Gasteiger partial charge in [-0.15, -0.1) is 0 Å². The third-order valence-corrected chi connectivity index (χ3v) is 7.46. The van der Waals surface area contributed by atoms with E-state index >= 15 is 0 Å². The number of unbranched alkanes of at least 4 members (excludes halogenated alkanes) is 3. The molecule has 0 aromatic carbocycles. The molecular formula is C16H32P+. The van der Waals surface area contributed by atoms with Gasteiger partial charge in [0, 0.05) is 6.42 Å². The molecule has 0 aliphatic rings. The van der Waals surface area contributed by atoms with Gasteiger partial charge in [0.1, 0.15) is 0 Å². The summed E-state index contributed by atoms with van der Waals surface area (Å²) in [6.45, 7) is 9.10. The van der Waals surface area contributed by atoms with Gasteiger partial charge in [0.05, 0.1) is 31.4 Å². The summed E-state index contributed by atoms with van der Waals surface area (Å²) < 4.78 is 0. The third-order valence-electron chi connectivity index (χ3n) is 3.31. The topological polar surface area (TPSA) is 0 Å². The highest BCUT2D eigenvalue weighted by Gasteiger charge is 2.33. The van der Waals surface area contributed by atoms with E-state index in [0.29, 0.717) is 0 Å². The Kier molecular flexibility index (Phi) is 11.1. The zero-order chi connectivity index (χ0) is 13.0. The van der Waals surface area contributed by atoms with Crippen molar-refractivity contribution in [2.45, 2.75) is 72.6 Å². The minimum atomic E-state index is -0.923. The first kappa shape index (κ1) is 17.0. The van der Waals surface area contributed by atoms with Crippen LogP contribution in [0.15, 0.2) is 0 Å². The standard InChI is InChI=1S/C16H32P/c1-5-9-13-17(14-10-6-2,15-11-7-3)16-12-8-4/h5-11,13-15H2,1-4H3/q+1. The van der Waals surface area contributed by atoms with Crippen molar-refractivity contribution in [2.75, 3.05) is 18.5 Å². The fraction of sp³-hybridized carbons (Fsp3) is 0.875. The van der Waals surface area contributed by atoms with Crippen LogP contribution in [0.5, 0.6) is 0 Å². The lowest BCUT2D eigenvalue weighted by molar-refractivity contribution is 0.841. The molecule has 0 bridgehead atoms. The van der Waals surface area contributed by atoms with E-state index in [0.717, 1.165) is 6.42 Å². The summed E-state index contributed by atoms with van der Waals surface area (Å²) in [4.78, 5) is 0. The zero-order valence-corrected chi connectivity index (χ0v) is 13.4. The largest absolute Gasteiger partial charge is 0.0920 e. The van der Waals surface area contributed by atoms with Crippen molar-refractivity contribution in [3.8, 4) is 11.6 Å². The SMILES string of the molecule is CCC#C[P+](CCCC)(CCCC)CCCC. The van der Waals surface area contributed by atoms with E-state index in [9.17, 15) is 0 Å². The Bertz CT molecular complexity index is 200. The van der Waals surface area contributed by atoms with Crippen LogP contribution in [0, 0.1) is 11.6 Å². The molecule has 0 spiro atoms. The fourth-order valence-electron chi connectivity index (χ4n) is 2.13. The Hall–Kier alpha value is -0.0100. The van der Waals surface area contributed by atoms with Gasteiger partial charge in [-0.1, -0.05) is 52.9 Å². The zero-order valence-electron chi connectivity index (χ0n) is 12.5. The first-order chi connectivity index (χ1) is 8.24. The Morgan fingerprint density at radius 1 is 0.706 bits per heavy atom. The summed E-state index contributed by atoms with van der Waals surface area (Å²) in [6.07, 6.45) is 13.5. The molecule has 0 rings (SSSR count). The molecule has 0 atom stereocenters. The van der Waals surface area contributed by atoms with E-state index in [4.69, 9.17) is 0 Å².